The van der Waals surface area contributed by atoms with Gasteiger partial charge in [-0.2, -0.15) is 0 Å². The Morgan fingerprint density at radius 3 is 2.73 bits per heavy atom. The summed E-state index contributed by atoms with van der Waals surface area (Å²) < 4.78 is 4.96. The minimum atomic E-state index is -0.161. The lowest BCUT2D eigenvalue weighted by molar-refractivity contribution is 0.137. The summed E-state index contributed by atoms with van der Waals surface area (Å²) in [6.07, 6.45) is -0.0903. The number of cyclic esters (lactones) is 1. The van der Waals surface area contributed by atoms with Gasteiger partial charge in [0.1, 0.15) is 6.10 Å². The molecule has 1 rings (SSSR count). The molecule has 11 heavy (non-hydrogen) atoms. The minimum Gasteiger partial charge on any atom is -0.445 e. The standard InChI is InChI=1S/C8H15NO2/c1-6(2)4-9-5-7(3)11-8(9)10/h6-7H,4-5H2,1-3H3. The van der Waals surface area contributed by atoms with Crippen molar-refractivity contribution < 1.29 is 9.53 Å². The number of nitrogens with zero attached hydrogens (tertiary/aromatic N) is 1. The van der Waals surface area contributed by atoms with Crippen molar-refractivity contribution in [1.29, 1.82) is 0 Å². The van der Waals surface area contributed by atoms with Gasteiger partial charge in [-0.3, -0.25) is 0 Å². The molecule has 0 aromatic rings. The highest BCUT2D eigenvalue weighted by atomic mass is 16.6. The Balaban J connectivity index is 2.41. The van der Waals surface area contributed by atoms with Gasteiger partial charge in [-0.05, 0) is 12.8 Å². The molecule has 0 aromatic heterocycles. The minimum absolute atomic E-state index is 0.0706. The van der Waals surface area contributed by atoms with Crippen LogP contribution in [-0.4, -0.2) is 30.2 Å². The molecule has 1 saturated heterocycles. The largest absolute Gasteiger partial charge is 0.445 e. The Labute approximate surface area is 67.3 Å². The van der Waals surface area contributed by atoms with E-state index in [1.54, 1.807) is 4.90 Å². The maximum atomic E-state index is 11.0. The zero-order chi connectivity index (χ0) is 8.43. The molecule has 0 N–H and O–H groups in total. The van der Waals surface area contributed by atoms with Gasteiger partial charge >= 0.3 is 6.09 Å². The van der Waals surface area contributed by atoms with Crippen LogP contribution in [0.1, 0.15) is 20.8 Å². The van der Waals surface area contributed by atoms with Gasteiger partial charge in [0.05, 0.1) is 6.54 Å². The summed E-state index contributed by atoms with van der Waals surface area (Å²) in [5.74, 6) is 0.521. The van der Waals surface area contributed by atoms with Crippen LogP contribution >= 0.6 is 0 Å². The van der Waals surface area contributed by atoms with Crippen molar-refractivity contribution in [3.63, 3.8) is 0 Å². The van der Waals surface area contributed by atoms with Crippen LogP contribution in [0, 0.1) is 5.92 Å². The van der Waals surface area contributed by atoms with Crippen molar-refractivity contribution in [3.8, 4) is 0 Å². The highest BCUT2D eigenvalue weighted by Gasteiger charge is 2.27. The van der Waals surface area contributed by atoms with Crippen molar-refractivity contribution >= 4 is 6.09 Å². The average Bonchev–Trinajstić information content (AvgIpc) is 2.09. The molecule has 0 saturated carbocycles. The van der Waals surface area contributed by atoms with Crippen LogP contribution < -0.4 is 0 Å². The normalized spacial score (nSPS) is 24.5. The highest BCUT2D eigenvalue weighted by Crippen LogP contribution is 2.11. The number of hydrogen-bond acceptors (Lipinski definition) is 2. The third-order valence-electron chi connectivity index (χ3n) is 1.62. The van der Waals surface area contributed by atoms with Crippen LogP contribution in [0.2, 0.25) is 0 Å². The van der Waals surface area contributed by atoms with E-state index in [-0.39, 0.29) is 12.2 Å². The van der Waals surface area contributed by atoms with E-state index >= 15 is 0 Å². The van der Waals surface area contributed by atoms with Crippen LogP contribution in [-0.2, 0) is 4.74 Å². The average molecular weight is 157 g/mol. The first-order valence-electron chi connectivity index (χ1n) is 4.05. The molecular formula is C8H15NO2. The Hall–Kier alpha value is -0.730. The zero-order valence-electron chi connectivity index (χ0n) is 7.33. The van der Waals surface area contributed by atoms with E-state index in [2.05, 4.69) is 13.8 Å². The quantitative estimate of drug-likeness (QED) is 0.607. The molecule has 64 valence electrons. The molecule has 3 heteroatoms. The molecule has 0 aliphatic carbocycles. The number of hydrogen-bond donors (Lipinski definition) is 0. The van der Waals surface area contributed by atoms with Gasteiger partial charge in [0.2, 0.25) is 0 Å². The third kappa shape index (κ3) is 2.10. The Kier molecular flexibility index (Phi) is 2.37. The molecule has 1 aliphatic heterocycles. The fourth-order valence-electron chi connectivity index (χ4n) is 1.26. The first-order chi connectivity index (χ1) is 5.09. The van der Waals surface area contributed by atoms with E-state index < -0.39 is 0 Å². The Morgan fingerprint density at radius 1 is 1.73 bits per heavy atom. The second-order valence-electron chi connectivity index (χ2n) is 3.49. The third-order valence-corrected chi connectivity index (χ3v) is 1.62. The van der Waals surface area contributed by atoms with E-state index in [9.17, 15) is 4.79 Å². The van der Waals surface area contributed by atoms with Gasteiger partial charge in [-0.25, -0.2) is 4.79 Å². The second kappa shape index (κ2) is 3.11. The van der Waals surface area contributed by atoms with E-state index in [0.717, 1.165) is 13.1 Å². The van der Waals surface area contributed by atoms with Crippen LogP contribution in [0.3, 0.4) is 0 Å². The summed E-state index contributed by atoms with van der Waals surface area (Å²) in [4.78, 5) is 12.8. The Morgan fingerprint density at radius 2 is 2.36 bits per heavy atom. The SMILES string of the molecule is CC(C)CN1CC(C)OC1=O. The molecule has 1 unspecified atom stereocenters. The van der Waals surface area contributed by atoms with Crippen molar-refractivity contribution in [3.05, 3.63) is 0 Å². The summed E-state index contributed by atoms with van der Waals surface area (Å²) in [5.41, 5.74) is 0. The second-order valence-corrected chi connectivity index (χ2v) is 3.49. The predicted molar refractivity (Wildman–Crippen MR) is 42.4 cm³/mol. The van der Waals surface area contributed by atoms with Crippen molar-refractivity contribution in [2.45, 2.75) is 26.9 Å². The van der Waals surface area contributed by atoms with Crippen LogP contribution in [0.15, 0.2) is 0 Å². The molecule has 0 spiro atoms. The summed E-state index contributed by atoms with van der Waals surface area (Å²) in [6, 6.07) is 0. The van der Waals surface area contributed by atoms with Crippen molar-refractivity contribution in [2.24, 2.45) is 5.92 Å². The fourth-order valence-corrected chi connectivity index (χ4v) is 1.26. The van der Waals surface area contributed by atoms with Gasteiger partial charge < -0.3 is 9.64 Å². The number of amides is 1. The molecule has 1 heterocycles. The zero-order valence-corrected chi connectivity index (χ0v) is 7.33. The molecule has 1 atom stereocenters. The molecule has 0 radical (unpaired) electrons. The van der Waals surface area contributed by atoms with Crippen LogP contribution in [0.25, 0.3) is 0 Å². The lowest BCUT2D eigenvalue weighted by Crippen LogP contribution is -2.28. The van der Waals surface area contributed by atoms with Crippen LogP contribution in [0.4, 0.5) is 4.79 Å². The monoisotopic (exact) mass is 157 g/mol. The van der Waals surface area contributed by atoms with Gasteiger partial charge in [0, 0.05) is 6.54 Å². The molecule has 1 amide bonds. The topological polar surface area (TPSA) is 29.5 Å². The van der Waals surface area contributed by atoms with Gasteiger partial charge in [0.15, 0.2) is 0 Å². The van der Waals surface area contributed by atoms with Crippen molar-refractivity contribution in [2.75, 3.05) is 13.1 Å². The predicted octanol–water partition coefficient (Wildman–Crippen LogP) is 1.48. The van der Waals surface area contributed by atoms with Gasteiger partial charge in [0.25, 0.3) is 0 Å². The molecule has 0 aromatic carbocycles. The van der Waals surface area contributed by atoms with Crippen LogP contribution in [0.5, 0.6) is 0 Å². The molecule has 1 fully saturated rings. The summed E-state index contributed by atoms with van der Waals surface area (Å²) in [7, 11) is 0. The highest BCUT2D eigenvalue weighted by molar-refractivity contribution is 5.69. The van der Waals surface area contributed by atoms with Crippen molar-refractivity contribution in [1.82, 2.24) is 4.90 Å². The fraction of sp³-hybridized carbons (Fsp3) is 0.875. The first-order valence-corrected chi connectivity index (χ1v) is 4.05. The molecular weight excluding hydrogens is 142 g/mol. The summed E-state index contributed by atoms with van der Waals surface area (Å²) in [6.45, 7) is 7.66. The summed E-state index contributed by atoms with van der Waals surface area (Å²) in [5, 5.41) is 0. The van der Waals surface area contributed by atoms with E-state index in [1.165, 1.54) is 0 Å². The Bertz CT molecular complexity index is 156. The maximum Gasteiger partial charge on any atom is 0.410 e. The number of ether oxygens (including phenoxy) is 1. The molecule has 3 nitrogen and oxygen atoms in total. The van der Waals surface area contributed by atoms with Gasteiger partial charge in [-0.15, -0.1) is 0 Å². The van der Waals surface area contributed by atoms with Gasteiger partial charge in [-0.1, -0.05) is 13.8 Å². The number of carbonyl (C=O) groups is 1. The number of carbonyl (C=O) groups excluding carboxylic acids is 1. The lowest BCUT2D eigenvalue weighted by atomic mass is 10.2. The molecule has 1 aliphatic rings. The summed E-state index contributed by atoms with van der Waals surface area (Å²) >= 11 is 0. The lowest BCUT2D eigenvalue weighted by Gasteiger charge is -2.14. The molecule has 0 bridgehead atoms. The van der Waals surface area contributed by atoms with E-state index in [4.69, 9.17) is 4.74 Å². The smallest absolute Gasteiger partial charge is 0.410 e. The van der Waals surface area contributed by atoms with E-state index in [1.807, 2.05) is 6.92 Å². The maximum absolute atomic E-state index is 11.0. The first kappa shape index (κ1) is 8.37. The number of rotatable bonds is 2. The van der Waals surface area contributed by atoms with E-state index in [0.29, 0.717) is 5.92 Å².